The molecule has 0 bridgehead atoms. The van der Waals surface area contributed by atoms with Gasteiger partial charge in [-0.2, -0.15) is 17.9 Å². The molecule has 0 aliphatic heterocycles. The van der Waals surface area contributed by atoms with Crippen LogP contribution in [0.1, 0.15) is 0 Å². The molecular weight excluding hydrogens is 399 g/mol. The van der Waals surface area contributed by atoms with Crippen LogP contribution in [-0.4, -0.2) is 30.1 Å². The van der Waals surface area contributed by atoms with Crippen molar-refractivity contribution in [3.05, 3.63) is 70.9 Å². The molecule has 0 fully saturated rings. The van der Waals surface area contributed by atoms with Crippen LogP contribution in [0.25, 0.3) is 10.9 Å². The zero-order valence-corrected chi connectivity index (χ0v) is 14.9. The molecular formula is C17H14F3N3O4S. The normalized spacial score (nSPS) is 13.5. The molecule has 0 radical (unpaired) electrons. The van der Waals surface area contributed by atoms with Gasteiger partial charge in [-0.1, -0.05) is 30.3 Å². The van der Waals surface area contributed by atoms with Gasteiger partial charge in [0.05, 0.1) is 4.92 Å². The van der Waals surface area contributed by atoms with E-state index in [9.17, 15) is 31.7 Å². The third-order valence-electron chi connectivity index (χ3n) is 4.10. The van der Waals surface area contributed by atoms with Crippen LogP contribution in [0, 0.1) is 10.1 Å². The van der Waals surface area contributed by atoms with Crippen molar-refractivity contribution < 1.29 is 26.5 Å². The average molecular weight is 413 g/mol. The first-order chi connectivity index (χ1) is 13.1. The van der Waals surface area contributed by atoms with Crippen LogP contribution in [0.3, 0.4) is 0 Å². The molecule has 0 aliphatic carbocycles. The summed E-state index contributed by atoms with van der Waals surface area (Å²) < 4.78 is 68.4. The smallest absolute Gasteiger partial charge is 0.346 e. The van der Waals surface area contributed by atoms with Crippen LogP contribution in [0.5, 0.6) is 0 Å². The fraction of sp³-hybridized carbons (Fsp3) is 0.176. The molecule has 1 atom stereocenters. The molecule has 3 rings (SSSR count). The predicted octanol–water partition coefficient (Wildman–Crippen LogP) is 3.46. The molecule has 1 heterocycles. The van der Waals surface area contributed by atoms with E-state index in [0.717, 1.165) is 12.1 Å². The van der Waals surface area contributed by atoms with Gasteiger partial charge in [0, 0.05) is 24.3 Å². The van der Waals surface area contributed by atoms with Crippen molar-refractivity contribution in [3.63, 3.8) is 0 Å². The van der Waals surface area contributed by atoms with Gasteiger partial charge >= 0.3 is 6.18 Å². The van der Waals surface area contributed by atoms with Crippen molar-refractivity contribution in [2.75, 3.05) is 0 Å². The molecule has 1 N–H and O–H groups in total. The van der Waals surface area contributed by atoms with Gasteiger partial charge in [-0.25, -0.2) is 8.42 Å². The summed E-state index contributed by atoms with van der Waals surface area (Å²) in [6.07, 6.45) is -3.50. The Bertz CT molecular complexity index is 1130. The highest BCUT2D eigenvalue weighted by molar-refractivity contribution is 7.89. The standard InChI is InChI=1S/C17H14F3N3O4S/c18-17(19,20)16(11-22-10-9-12-5-1-2-6-13(12)22)21-28(26,27)15-8-4-3-7-14(15)23(24)25/h1-10,16,21H,11H2. The first-order valence-corrected chi connectivity index (χ1v) is 9.44. The Kier molecular flexibility index (Phi) is 5.13. The second-order valence-corrected chi connectivity index (χ2v) is 7.65. The molecule has 148 valence electrons. The van der Waals surface area contributed by atoms with Crippen molar-refractivity contribution >= 4 is 26.6 Å². The van der Waals surface area contributed by atoms with Crippen molar-refractivity contribution in [1.29, 1.82) is 0 Å². The lowest BCUT2D eigenvalue weighted by Gasteiger charge is -2.22. The molecule has 7 nitrogen and oxygen atoms in total. The number of para-hydroxylation sites is 2. The number of nitro groups is 1. The van der Waals surface area contributed by atoms with E-state index in [1.807, 2.05) is 0 Å². The maximum absolute atomic E-state index is 13.5. The summed E-state index contributed by atoms with van der Waals surface area (Å²) in [5, 5.41) is 11.7. The Morgan fingerprint density at radius 1 is 1.07 bits per heavy atom. The van der Waals surface area contributed by atoms with Gasteiger partial charge in [0.15, 0.2) is 4.90 Å². The van der Waals surface area contributed by atoms with E-state index in [0.29, 0.717) is 10.9 Å². The zero-order chi connectivity index (χ0) is 20.5. The first-order valence-electron chi connectivity index (χ1n) is 7.96. The minimum Gasteiger partial charge on any atom is -0.346 e. The summed E-state index contributed by atoms with van der Waals surface area (Å²) in [6.45, 7) is -0.725. The number of aromatic nitrogens is 1. The Hall–Kier alpha value is -2.92. The van der Waals surface area contributed by atoms with Crippen LogP contribution in [-0.2, 0) is 16.6 Å². The summed E-state index contributed by atoms with van der Waals surface area (Å²) in [6, 6.07) is 10.1. The van der Waals surface area contributed by atoms with E-state index in [1.54, 1.807) is 35.1 Å². The molecule has 2 aromatic carbocycles. The molecule has 0 amide bonds. The SMILES string of the molecule is O=[N+]([O-])c1ccccc1S(=O)(=O)NC(Cn1ccc2ccccc21)C(F)(F)F. The molecule has 0 saturated heterocycles. The number of halogens is 3. The molecule has 0 spiro atoms. The summed E-state index contributed by atoms with van der Waals surface area (Å²) >= 11 is 0. The van der Waals surface area contributed by atoms with E-state index < -0.39 is 44.3 Å². The van der Waals surface area contributed by atoms with Crippen molar-refractivity contribution in [2.24, 2.45) is 0 Å². The summed E-state index contributed by atoms with van der Waals surface area (Å²) in [7, 11) is -4.80. The monoisotopic (exact) mass is 413 g/mol. The number of sulfonamides is 1. The molecule has 3 aromatic rings. The minimum absolute atomic E-state index is 0.502. The van der Waals surface area contributed by atoms with E-state index in [1.165, 1.54) is 22.9 Å². The predicted molar refractivity (Wildman–Crippen MR) is 95.2 cm³/mol. The maximum atomic E-state index is 13.5. The van der Waals surface area contributed by atoms with Gasteiger partial charge in [0.25, 0.3) is 5.69 Å². The summed E-state index contributed by atoms with van der Waals surface area (Å²) in [4.78, 5) is 9.25. The molecule has 1 unspecified atom stereocenters. The van der Waals surface area contributed by atoms with Crippen LogP contribution in [0.2, 0.25) is 0 Å². The number of benzene rings is 2. The van der Waals surface area contributed by atoms with Gasteiger partial charge in [-0.15, -0.1) is 0 Å². The molecule has 28 heavy (non-hydrogen) atoms. The maximum Gasteiger partial charge on any atom is 0.406 e. The quantitative estimate of drug-likeness (QED) is 0.495. The number of fused-ring (bicyclic) bond motifs is 1. The number of hydrogen-bond acceptors (Lipinski definition) is 4. The number of rotatable bonds is 6. The van der Waals surface area contributed by atoms with E-state index in [4.69, 9.17) is 0 Å². The largest absolute Gasteiger partial charge is 0.406 e. The Balaban J connectivity index is 1.97. The first kappa shape index (κ1) is 19.8. The second-order valence-electron chi connectivity index (χ2n) is 5.97. The summed E-state index contributed by atoms with van der Waals surface area (Å²) in [5.74, 6) is 0. The van der Waals surface area contributed by atoms with Crippen molar-refractivity contribution in [2.45, 2.75) is 23.7 Å². The van der Waals surface area contributed by atoms with Gasteiger partial charge in [0.2, 0.25) is 10.0 Å². The topological polar surface area (TPSA) is 94.2 Å². The lowest BCUT2D eigenvalue weighted by molar-refractivity contribution is -0.387. The highest BCUT2D eigenvalue weighted by atomic mass is 32.2. The Labute approximate surface area is 157 Å². The molecule has 0 aliphatic rings. The highest BCUT2D eigenvalue weighted by Gasteiger charge is 2.43. The van der Waals surface area contributed by atoms with Gasteiger partial charge in [0.1, 0.15) is 6.04 Å². The molecule has 1 aromatic heterocycles. The fourth-order valence-corrected chi connectivity index (χ4v) is 4.18. The zero-order valence-electron chi connectivity index (χ0n) is 14.1. The van der Waals surface area contributed by atoms with E-state index in [-0.39, 0.29) is 0 Å². The van der Waals surface area contributed by atoms with Crippen LogP contribution >= 0.6 is 0 Å². The minimum atomic E-state index is -4.91. The number of alkyl halides is 3. The number of nitrogens with one attached hydrogen (secondary N) is 1. The van der Waals surface area contributed by atoms with Gasteiger partial charge in [-0.05, 0) is 23.6 Å². The van der Waals surface area contributed by atoms with Crippen LogP contribution in [0.4, 0.5) is 18.9 Å². The average Bonchev–Trinajstić information content (AvgIpc) is 3.03. The highest BCUT2D eigenvalue weighted by Crippen LogP contribution is 2.28. The fourth-order valence-electron chi connectivity index (χ4n) is 2.79. The van der Waals surface area contributed by atoms with Crippen LogP contribution in [0.15, 0.2) is 65.7 Å². The number of nitrogens with zero attached hydrogens (tertiary/aromatic N) is 2. The number of hydrogen-bond donors (Lipinski definition) is 1. The second kappa shape index (κ2) is 7.24. The Morgan fingerprint density at radius 2 is 1.71 bits per heavy atom. The van der Waals surface area contributed by atoms with Gasteiger partial charge in [-0.3, -0.25) is 10.1 Å². The molecule has 0 saturated carbocycles. The number of nitro benzene ring substituents is 1. The van der Waals surface area contributed by atoms with Crippen LogP contribution < -0.4 is 4.72 Å². The third kappa shape index (κ3) is 3.99. The Morgan fingerprint density at radius 3 is 2.39 bits per heavy atom. The van der Waals surface area contributed by atoms with Gasteiger partial charge < -0.3 is 4.57 Å². The lowest BCUT2D eigenvalue weighted by atomic mass is 10.2. The third-order valence-corrected chi connectivity index (χ3v) is 5.62. The molecule has 11 heteroatoms. The van der Waals surface area contributed by atoms with E-state index >= 15 is 0 Å². The lowest BCUT2D eigenvalue weighted by Crippen LogP contribution is -2.47. The van der Waals surface area contributed by atoms with Crippen molar-refractivity contribution in [3.8, 4) is 0 Å². The van der Waals surface area contributed by atoms with Crippen molar-refractivity contribution in [1.82, 2.24) is 9.29 Å². The van der Waals surface area contributed by atoms with E-state index in [2.05, 4.69) is 0 Å². The summed E-state index contributed by atoms with van der Waals surface area (Å²) in [5.41, 5.74) is -0.302.